The second-order valence-corrected chi connectivity index (χ2v) is 6.59. The van der Waals surface area contributed by atoms with Gasteiger partial charge in [-0.15, -0.1) is 0 Å². The number of hydrogen-bond donors (Lipinski definition) is 1. The lowest BCUT2D eigenvalue weighted by atomic mass is 10.1. The van der Waals surface area contributed by atoms with Gasteiger partial charge in [0.1, 0.15) is 5.75 Å². The lowest BCUT2D eigenvalue weighted by Gasteiger charge is -2.36. The summed E-state index contributed by atoms with van der Waals surface area (Å²) in [7, 11) is 1.66. The van der Waals surface area contributed by atoms with Crippen LogP contribution in [0.3, 0.4) is 0 Å². The van der Waals surface area contributed by atoms with Gasteiger partial charge < -0.3 is 19.9 Å². The Kier molecular flexibility index (Phi) is 5.96. The molecule has 27 heavy (non-hydrogen) atoms. The molecule has 0 aromatic heterocycles. The average molecular weight is 367 g/mol. The van der Waals surface area contributed by atoms with Gasteiger partial charge in [0.25, 0.3) is 5.91 Å². The number of nitrogens with zero attached hydrogens (tertiary/aromatic N) is 2. The number of hydrogen-bond acceptors (Lipinski definition) is 4. The molecule has 0 aliphatic carbocycles. The van der Waals surface area contributed by atoms with Crippen LogP contribution in [0.2, 0.25) is 0 Å². The highest BCUT2D eigenvalue weighted by Crippen LogP contribution is 2.22. The van der Waals surface area contributed by atoms with Crippen LogP contribution in [-0.4, -0.2) is 50.0 Å². The Hall–Kier alpha value is -3.02. The number of amides is 2. The van der Waals surface area contributed by atoms with Gasteiger partial charge in [-0.25, -0.2) is 0 Å². The number of benzene rings is 2. The molecular weight excluding hydrogens is 342 g/mol. The Bertz CT molecular complexity index is 797. The zero-order valence-electron chi connectivity index (χ0n) is 15.8. The minimum absolute atomic E-state index is 0.0476. The maximum absolute atomic E-state index is 12.7. The third-order valence-corrected chi connectivity index (χ3v) is 4.73. The van der Waals surface area contributed by atoms with E-state index in [9.17, 15) is 9.59 Å². The fraction of sp³-hybridized carbons (Fsp3) is 0.333. The number of carbonyl (C=O) groups is 2. The van der Waals surface area contributed by atoms with E-state index in [4.69, 9.17) is 4.74 Å². The molecule has 0 saturated carbocycles. The van der Waals surface area contributed by atoms with Gasteiger partial charge >= 0.3 is 0 Å². The molecule has 2 amide bonds. The standard InChI is InChI=1S/C21H25N3O3/c1-16(25)22-15-17-6-8-18(9-7-17)21(26)24-12-10-23(11-13-24)19-4-3-5-20(14-19)27-2/h3-9,14H,10-13,15H2,1-2H3,(H,22,25). The Morgan fingerprint density at radius 2 is 1.74 bits per heavy atom. The number of rotatable bonds is 5. The van der Waals surface area contributed by atoms with Gasteiger partial charge in [0.2, 0.25) is 5.91 Å². The van der Waals surface area contributed by atoms with E-state index in [1.807, 2.05) is 47.4 Å². The van der Waals surface area contributed by atoms with Gasteiger partial charge in [-0.1, -0.05) is 18.2 Å². The maximum Gasteiger partial charge on any atom is 0.253 e. The van der Waals surface area contributed by atoms with Gasteiger partial charge in [0.15, 0.2) is 0 Å². The molecule has 0 bridgehead atoms. The highest BCUT2D eigenvalue weighted by atomic mass is 16.5. The van der Waals surface area contributed by atoms with Crippen molar-refractivity contribution in [1.82, 2.24) is 10.2 Å². The van der Waals surface area contributed by atoms with Gasteiger partial charge in [-0.05, 0) is 29.8 Å². The van der Waals surface area contributed by atoms with Crippen LogP contribution in [0.25, 0.3) is 0 Å². The zero-order valence-corrected chi connectivity index (χ0v) is 15.8. The van der Waals surface area contributed by atoms with Crippen molar-refractivity contribution in [2.24, 2.45) is 0 Å². The van der Waals surface area contributed by atoms with Crippen LogP contribution < -0.4 is 15.0 Å². The third kappa shape index (κ3) is 4.78. The van der Waals surface area contributed by atoms with Gasteiger partial charge in [-0.2, -0.15) is 0 Å². The quantitative estimate of drug-likeness (QED) is 0.881. The Morgan fingerprint density at radius 3 is 2.37 bits per heavy atom. The first-order chi connectivity index (χ1) is 13.1. The van der Waals surface area contributed by atoms with Crippen molar-refractivity contribution in [3.05, 3.63) is 59.7 Å². The van der Waals surface area contributed by atoms with Crippen molar-refractivity contribution in [2.75, 3.05) is 38.2 Å². The van der Waals surface area contributed by atoms with E-state index in [2.05, 4.69) is 16.3 Å². The minimum Gasteiger partial charge on any atom is -0.497 e. The molecule has 1 saturated heterocycles. The van der Waals surface area contributed by atoms with Crippen LogP contribution in [0.5, 0.6) is 5.75 Å². The highest BCUT2D eigenvalue weighted by molar-refractivity contribution is 5.94. The summed E-state index contributed by atoms with van der Waals surface area (Å²) in [4.78, 5) is 27.9. The number of piperazine rings is 1. The normalized spacial score (nSPS) is 14.0. The van der Waals surface area contributed by atoms with E-state index in [0.29, 0.717) is 25.2 Å². The smallest absolute Gasteiger partial charge is 0.253 e. The minimum atomic E-state index is -0.0657. The van der Waals surface area contributed by atoms with Crippen LogP contribution in [0.1, 0.15) is 22.8 Å². The molecular formula is C21H25N3O3. The van der Waals surface area contributed by atoms with E-state index >= 15 is 0 Å². The Morgan fingerprint density at radius 1 is 1.04 bits per heavy atom. The van der Waals surface area contributed by atoms with Crippen LogP contribution in [0, 0.1) is 0 Å². The molecule has 3 rings (SSSR count). The SMILES string of the molecule is COc1cccc(N2CCN(C(=O)c3ccc(CNC(C)=O)cc3)CC2)c1. The van der Waals surface area contributed by atoms with Crippen molar-refractivity contribution in [3.8, 4) is 5.75 Å². The molecule has 1 heterocycles. The fourth-order valence-electron chi connectivity index (χ4n) is 3.15. The first-order valence-corrected chi connectivity index (χ1v) is 9.08. The predicted molar refractivity (Wildman–Crippen MR) is 105 cm³/mol. The van der Waals surface area contributed by atoms with Crippen LogP contribution >= 0.6 is 0 Å². The molecule has 0 atom stereocenters. The molecule has 0 spiro atoms. The molecule has 1 aliphatic rings. The maximum atomic E-state index is 12.7. The van der Waals surface area contributed by atoms with Crippen molar-refractivity contribution in [3.63, 3.8) is 0 Å². The molecule has 2 aromatic rings. The second kappa shape index (κ2) is 8.58. The summed E-state index contributed by atoms with van der Waals surface area (Å²) in [5, 5.41) is 2.75. The molecule has 0 radical (unpaired) electrons. The van der Waals surface area contributed by atoms with Crippen LogP contribution in [-0.2, 0) is 11.3 Å². The van der Waals surface area contributed by atoms with Crippen molar-refractivity contribution in [1.29, 1.82) is 0 Å². The molecule has 142 valence electrons. The van der Waals surface area contributed by atoms with Gasteiger partial charge in [0.05, 0.1) is 7.11 Å². The number of nitrogens with one attached hydrogen (secondary N) is 1. The van der Waals surface area contributed by atoms with Crippen molar-refractivity contribution in [2.45, 2.75) is 13.5 Å². The van der Waals surface area contributed by atoms with E-state index in [-0.39, 0.29) is 11.8 Å². The lowest BCUT2D eigenvalue weighted by Crippen LogP contribution is -2.48. The molecule has 6 heteroatoms. The summed E-state index contributed by atoms with van der Waals surface area (Å²) in [6, 6.07) is 15.4. The summed E-state index contributed by atoms with van der Waals surface area (Å²) in [5.41, 5.74) is 2.77. The second-order valence-electron chi connectivity index (χ2n) is 6.59. The van der Waals surface area contributed by atoms with E-state index in [1.54, 1.807) is 7.11 Å². The van der Waals surface area contributed by atoms with Crippen molar-refractivity contribution >= 4 is 17.5 Å². The monoisotopic (exact) mass is 367 g/mol. The lowest BCUT2D eigenvalue weighted by molar-refractivity contribution is -0.119. The molecule has 1 aliphatic heterocycles. The van der Waals surface area contributed by atoms with Gasteiger partial charge in [0, 0.05) is 57.0 Å². The third-order valence-electron chi connectivity index (χ3n) is 4.73. The number of carbonyl (C=O) groups excluding carboxylic acids is 2. The summed E-state index contributed by atoms with van der Waals surface area (Å²) in [6.07, 6.45) is 0. The largest absolute Gasteiger partial charge is 0.497 e. The number of anilines is 1. The molecule has 1 fully saturated rings. The fourth-order valence-corrected chi connectivity index (χ4v) is 3.15. The average Bonchev–Trinajstić information content (AvgIpc) is 2.72. The molecule has 0 unspecified atom stereocenters. The van der Waals surface area contributed by atoms with Gasteiger partial charge in [-0.3, -0.25) is 9.59 Å². The topological polar surface area (TPSA) is 61.9 Å². The summed E-state index contributed by atoms with van der Waals surface area (Å²) in [5.74, 6) is 0.820. The number of ether oxygens (including phenoxy) is 1. The molecule has 2 aromatic carbocycles. The zero-order chi connectivity index (χ0) is 19.2. The highest BCUT2D eigenvalue weighted by Gasteiger charge is 2.22. The summed E-state index contributed by atoms with van der Waals surface area (Å²) in [6.45, 7) is 4.92. The summed E-state index contributed by atoms with van der Waals surface area (Å²) < 4.78 is 5.29. The molecule has 1 N–H and O–H groups in total. The van der Waals surface area contributed by atoms with Crippen LogP contribution in [0.15, 0.2) is 48.5 Å². The first kappa shape index (κ1) is 18.8. The summed E-state index contributed by atoms with van der Waals surface area (Å²) >= 11 is 0. The Labute approximate surface area is 159 Å². The van der Waals surface area contributed by atoms with E-state index in [0.717, 1.165) is 30.1 Å². The first-order valence-electron chi connectivity index (χ1n) is 9.08. The number of methoxy groups -OCH3 is 1. The van der Waals surface area contributed by atoms with E-state index < -0.39 is 0 Å². The molecule has 6 nitrogen and oxygen atoms in total. The predicted octanol–water partition coefficient (Wildman–Crippen LogP) is 2.29. The van der Waals surface area contributed by atoms with Crippen molar-refractivity contribution < 1.29 is 14.3 Å². The van der Waals surface area contributed by atoms with E-state index in [1.165, 1.54) is 6.92 Å². The van der Waals surface area contributed by atoms with Crippen LogP contribution in [0.4, 0.5) is 5.69 Å². The Balaban J connectivity index is 1.57.